The molecule has 2 saturated heterocycles. The average Bonchev–Trinajstić information content (AvgIpc) is 3.70. The van der Waals surface area contributed by atoms with E-state index in [1.807, 2.05) is 0 Å². The van der Waals surface area contributed by atoms with E-state index in [1.165, 1.54) is 28.5 Å². The number of anilines is 2. The van der Waals surface area contributed by atoms with E-state index in [-0.39, 0.29) is 23.6 Å². The number of halogens is 3. The van der Waals surface area contributed by atoms with Crippen molar-refractivity contribution >= 4 is 40.6 Å². The van der Waals surface area contributed by atoms with E-state index < -0.39 is 11.7 Å². The summed E-state index contributed by atoms with van der Waals surface area (Å²) in [6.45, 7) is 4.97. The first kappa shape index (κ1) is 27.8. The van der Waals surface area contributed by atoms with Gasteiger partial charge in [-0.1, -0.05) is 6.07 Å². The van der Waals surface area contributed by atoms with Crippen LogP contribution in [0.15, 0.2) is 29.3 Å². The minimum atomic E-state index is -4.65. The first-order valence-electron chi connectivity index (χ1n) is 14.7. The fourth-order valence-electron chi connectivity index (χ4n) is 6.18. The number of benzene rings is 1. The number of ether oxygens (including phenoxy) is 2. The Hall–Kier alpha value is -2.71. The molecule has 2 aromatic heterocycles. The van der Waals surface area contributed by atoms with Gasteiger partial charge < -0.3 is 19.7 Å². The van der Waals surface area contributed by atoms with Gasteiger partial charge in [-0.25, -0.2) is 9.97 Å². The van der Waals surface area contributed by atoms with Crippen molar-refractivity contribution in [1.82, 2.24) is 19.8 Å². The van der Waals surface area contributed by atoms with Crippen LogP contribution in [0.5, 0.6) is 0 Å². The molecule has 8 rings (SSSR count). The maximum absolute atomic E-state index is 14.2. The molecule has 1 amide bonds. The van der Waals surface area contributed by atoms with Crippen LogP contribution < -0.4 is 5.32 Å². The highest BCUT2D eigenvalue weighted by Gasteiger charge is 2.39. The summed E-state index contributed by atoms with van der Waals surface area (Å²) in [7, 11) is 0. The first-order valence-corrected chi connectivity index (χ1v) is 16.5. The summed E-state index contributed by atoms with van der Waals surface area (Å²) in [5.41, 5.74) is 3.46. The molecular weight excluding hydrogens is 599 g/mol. The SMILES string of the molecule is O=C1c2sc(-c3nc(Nc4cc5c(cc4C4CC4)CN(C4COC4)CC5)ncc3C(F)(F)F)cc2SCCN1C1COC1. The number of rotatable bonds is 6. The number of hydrogen-bond donors (Lipinski definition) is 1. The van der Waals surface area contributed by atoms with Crippen molar-refractivity contribution in [3.05, 3.63) is 51.5 Å². The fraction of sp³-hybridized carbons (Fsp3) is 0.500. The molecule has 1 saturated carbocycles. The summed E-state index contributed by atoms with van der Waals surface area (Å²) in [5.74, 6) is 1.05. The predicted molar refractivity (Wildman–Crippen MR) is 157 cm³/mol. The summed E-state index contributed by atoms with van der Waals surface area (Å²) in [6.07, 6.45) is -0.714. The van der Waals surface area contributed by atoms with Crippen LogP contribution in [0, 0.1) is 0 Å². The lowest BCUT2D eigenvalue weighted by atomic mass is 9.93. The number of carbonyl (C=O) groups excluding carboxylic acids is 1. The molecule has 0 unspecified atom stereocenters. The van der Waals surface area contributed by atoms with Crippen LogP contribution in [0.4, 0.5) is 24.8 Å². The van der Waals surface area contributed by atoms with E-state index in [0.717, 1.165) is 68.8 Å². The molecule has 226 valence electrons. The van der Waals surface area contributed by atoms with Crippen LogP contribution >= 0.6 is 23.1 Å². The zero-order valence-electron chi connectivity index (χ0n) is 23.3. The van der Waals surface area contributed by atoms with Gasteiger partial charge >= 0.3 is 6.18 Å². The molecule has 5 aliphatic rings. The average molecular weight is 630 g/mol. The normalized spacial score (nSPS) is 21.6. The van der Waals surface area contributed by atoms with Gasteiger partial charge in [0.1, 0.15) is 10.4 Å². The number of aromatic nitrogens is 2. The third kappa shape index (κ3) is 5.22. The Morgan fingerprint density at radius 1 is 1.00 bits per heavy atom. The molecule has 3 aromatic rings. The lowest BCUT2D eigenvalue weighted by Crippen LogP contribution is -2.52. The van der Waals surface area contributed by atoms with Crippen molar-refractivity contribution in [2.24, 2.45) is 0 Å². The van der Waals surface area contributed by atoms with Crippen molar-refractivity contribution in [3.8, 4) is 10.6 Å². The van der Waals surface area contributed by atoms with Crippen LogP contribution in [0.3, 0.4) is 0 Å². The van der Waals surface area contributed by atoms with Crippen molar-refractivity contribution in [3.63, 3.8) is 0 Å². The summed E-state index contributed by atoms with van der Waals surface area (Å²) in [4.78, 5) is 27.7. The van der Waals surface area contributed by atoms with Gasteiger partial charge in [0.25, 0.3) is 5.91 Å². The molecule has 1 aromatic carbocycles. The van der Waals surface area contributed by atoms with E-state index in [0.29, 0.717) is 52.1 Å². The Labute approximate surface area is 255 Å². The number of hydrogen-bond acceptors (Lipinski definition) is 9. The lowest BCUT2D eigenvalue weighted by molar-refractivity contribution is -0.137. The van der Waals surface area contributed by atoms with Crippen LogP contribution in [0.2, 0.25) is 0 Å². The van der Waals surface area contributed by atoms with Gasteiger partial charge in [-0.2, -0.15) is 13.2 Å². The monoisotopic (exact) mass is 629 g/mol. The van der Waals surface area contributed by atoms with Crippen molar-refractivity contribution < 1.29 is 27.4 Å². The maximum Gasteiger partial charge on any atom is 0.420 e. The summed E-state index contributed by atoms with van der Waals surface area (Å²) in [5, 5.41) is 3.29. The number of thiophene rings is 1. The number of carbonyl (C=O) groups is 1. The van der Waals surface area contributed by atoms with Gasteiger partial charge in [0.15, 0.2) is 0 Å². The standard InChI is InChI=1S/C30H30F3N5O3S2/c31-30(32,33)22-10-34-29(36-26(22)24-9-25-27(43-24)28(39)38(5-6-42-25)20-14-41-15-20)35-23-8-17-3-4-37(19-12-40-13-19)11-18(17)7-21(23)16-1-2-16/h7-10,16,19-20H,1-6,11-15H2,(H,34,35,36). The van der Waals surface area contributed by atoms with E-state index in [9.17, 15) is 18.0 Å². The van der Waals surface area contributed by atoms with Crippen LogP contribution in [0.1, 0.15) is 50.7 Å². The molecular formula is C30H30F3N5O3S2. The van der Waals surface area contributed by atoms with Crippen molar-refractivity contribution in [2.45, 2.75) is 54.9 Å². The fourth-order valence-corrected chi connectivity index (χ4v) is 8.50. The molecule has 0 radical (unpaired) electrons. The highest BCUT2D eigenvalue weighted by Crippen LogP contribution is 2.47. The third-order valence-corrected chi connectivity index (χ3v) is 11.2. The van der Waals surface area contributed by atoms with Crippen LogP contribution in [-0.2, 0) is 28.6 Å². The van der Waals surface area contributed by atoms with E-state index in [4.69, 9.17) is 9.47 Å². The minimum absolute atomic E-state index is 0.0118. The molecule has 6 heterocycles. The number of amides is 1. The molecule has 0 atom stereocenters. The predicted octanol–water partition coefficient (Wildman–Crippen LogP) is 5.55. The Balaban J connectivity index is 1.13. The molecule has 13 heteroatoms. The smallest absolute Gasteiger partial charge is 0.378 e. The largest absolute Gasteiger partial charge is 0.420 e. The van der Waals surface area contributed by atoms with E-state index in [1.54, 1.807) is 11.0 Å². The van der Waals surface area contributed by atoms with Gasteiger partial charge in [0.05, 0.1) is 49.1 Å². The van der Waals surface area contributed by atoms with Crippen molar-refractivity contribution in [2.75, 3.05) is 50.6 Å². The zero-order chi connectivity index (χ0) is 29.3. The molecule has 4 aliphatic heterocycles. The van der Waals surface area contributed by atoms with Crippen LogP contribution in [-0.4, -0.2) is 83.0 Å². The van der Waals surface area contributed by atoms with Gasteiger partial charge in [-0.15, -0.1) is 23.1 Å². The molecule has 8 nitrogen and oxygen atoms in total. The number of nitrogens with one attached hydrogen (secondary N) is 1. The molecule has 1 aliphatic carbocycles. The Kier molecular flexibility index (Phi) is 6.94. The Morgan fingerprint density at radius 3 is 2.49 bits per heavy atom. The molecule has 43 heavy (non-hydrogen) atoms. The second-order valence-corrected chi connectivity index (χ2v) is 14.0. The first-order chi connectivity index (χ1) is 20.8. The quantitative estimate of drug-likeness (QED) is 0.381. The summed E-state index contributed by atoms with van der Waals surface area (Å²) in [6, 6.07) is 6.57. The lowest BCUT2D eigenvalue weighted by Gasteiger charge is -2.40. The Morgan fingerprint density at radius 2 is 1.79 bits per heavy atom. The summed E-state index contributed by atoms with van der Waals surface area (Å²) < 4.78 is 53.3. The highest BCUT2D eigenvalue weighted by atomic mass is 32.2. The number of thioether (sulfide) groups is 1. The zero-order valence-corrected chi connectivity index (χ0v) is 24.9. The van der Waals surface area contributed by atoms with Gasteiger partial charge in [0, 0.05) is 42.2 Å². The molecule has 1 N–H and O–H groups in total. The second-order valence-electron chi connectivity index (χ2n) is 11.8. The van der Waals surface area contributed by atoms with Gasteiger partial charge in [-0.05, 0) is 54.0 Å². The van der Waals surface area contributed by atoms with Gasteiger partial charge in [-0.3, -0.25) is 9.69 Å². The highest BCUT2D eigenvalue weighted by molar-refractivity contribution is 7.99. The molecule has 3 fully saturated rings. The van der Waals surface area contributed by atoms with Crippen molar-refractivity contribution in [1.29, 1.82) is 0 Å². The Bertz CT molecular complexity index is 1590. The second kappa shape index (κ2) is 10.7. The number of fused-ring (bicyclic) bond motifs is 2. The maximum atomic E-state index is 14.2. The third-order valence-electron chi connectivity index (χ3n) is 8.95. The minimum Gasteiger partial charge on any atom is -0.378 e. The number of nitrogens with zero attached hydrogens (tertiary/aromatic N) is 4. The van der Waals surface area contributed by atoms with E-state index >= 15 is 0 Å². The molecule has 0 spiro atoms. The van der Waals surface area contributed by atoms with Crippen LogP contribution in [0.25, 0.3) is 10.6 Å². The topological polar surface area (TPSA) is 79.8 Å². The summed E-state index contributed by atoms with van der Waals surface area (Å²) >= 11 is 2.57. The number of alkyl halides is 3. The molecule has 0 bridgehead atoms. The van der Waals surface area contributed by atoms with E-state index in [2.05, 4.69) is 32.3 Å². The van der Waals surface area contributed by atoms with Gasteiger partial charge in [0.2, 0.25) is 5.95 Å².